The Balaban J connectivity index is 1.06. The van der Waals surface area contributed by atoms with Crippen LogP contribution in [0, 0.1) is 0 Å². The van der Waals surface area contributed by atoms with Gasteiger partial charge >= 0.3 is 0 Å². The molecule has 0 N–H and O–H groups in total. The normalized spacial score (nSPS) is 14.1. The third-order valence-electron chi connectivity index (χ3n) is 15.6. The zero-order valence-electron chi connectivity index (χ0n) is 37.1. The van der Waals surface area contributed by atoms with Crippen molar-refractivity contribution in [1.29, 1.82) is 0 Å². The van der Waals surface area contributed by atoms with Gasteiger partial charge < -0.3 is 9.47 Å². The standard InChI is InChI=1S/C66H42N2/c1-3-21-44(22-4-1)65(45-23-5-2-6-24-45)55-31-13-9-28-51(55)52-39-37-46(41-60(52)65)67(61-36-17-20-43-19-7-8-25-48(43)61)47-38-40-58-63(42-47)68-62-35-16-12-29-53(62)54-30-18-34-59(64(54)68)66(58)56-32-14-10-26-49(56)50-27-11-15-33-57(50)66/h1-42H. The fourth-order valence-corrected chi connectivity index (χ4v) is 13.1. The van der Waals surface area contributed by atoms with E-state index in [4.69, 9.17) is 0 Å². The molecule has 68 heavy (non-hydrogen) atoms. The Hall–Kier alpha value is -8.72. The molecule has 0 atom stereocenters. The van der Waals surface area contributed by atoms with Crippen molar-refractivity contribution in [3.8, 4) is 27.9 Å². The number of fused-ring (bicyclic) bond motifs is 16. The van der Waals surface area contributed by atoms with Gasteiger partial charge in [-0.05, 0) is 109 Å². The van der Waals surface area contributed by atoms with Gasteiger partial charge in [-0.25, -0.2) is 0 Å². The lowest BCUT2D eigenvalue weighted by Gasteiger charge is -2.40. The van der Waals surface area contributed by atoms with Crippen molar-refractivity contribution in [3.63, 3.8) is 0 Å². The van der Waals surface area contributed by atoms with Crippen LogP contribution in [0.3, 0.4) is 0 Å². The summed E-state index contributed by atoms with van der Waals surface area (Å²) in [7, 11) is 0. The molecule has 2 heteroatoms. The Bertz CT molecular complexity index is 3960. The molecule has 2 aliphatic carbocycles. The molecule has 3 aliphatic rings. The number of aromatic nitrogens is 1. The molecule has 1 spiro atoms. The molecule has 12 aromatic rings. The molecule has 0 unspecified atom stereocenters. The Morgan fingerprint density at radius 2 is 0.809 bits per heavy atom. The third-order valence-corrected chi connectivity index (χ3v) is 15.6. The largest absolute Gasteiger partial charge is 0.310 e. The zero-order chi connectivity index (χ0) is 44.6. The van der Waals surface area contributed by atoms with Gasteiger partial charge in [-0.15, -0.1) is 0 Å². The van der Waals surface area contributed by atoms with E-state index in [1.54, 1.807) is 0 Å². The molecule has 1 aliphatic heterocycles. The van der Waals surface area contributed by atoms with Crippen molar-refractivity contribution in [1.82, 2.24) is 4.57 Å². The molecule has 2 heterocycles. The smallest absolute Gasteiger partial charge is 0.0754 e. The minimum Gasteiger partial charge on any atom is -0.310 e. The lowest BCUT2D eigenvalue weighted by Crippen LogP contribution is -2.33. The van der Waals surface area contributed by atoms with Crippen LogP contribution < -0.4 is 4.90 Å². The van der Waals surface area contributed by atoms with E-state index < -0.39 is 10.8 Å². The van der Waals surface area contributed by atoms with E-state index >= 15 is 0 Å². The first kappa shape index (κ1) is 37.5. The lowest BCUT2D eigenvalue weighted by atomic mass is 9.65. The van der Waals surface area contributed by atoms with Gasteiger partial charge in [0.05, 0.1) is 33.2 Å². The summed E-state index contributed by atoms with van der Waals surface area (Å²) in [4.78, 5) is 2.53. The average molecular weight is 863 g/mol. The van der Waals surface area contributed by atoms with Crippen LogP contribution in [0.25, 0.3) is 60.5 Å². The molecular formula is C66H42N2. The maximum Gasteiger partial charge on any atom is 0.0754 e. The highest BCUT2D eigenvalue weighted by atomic mass is 15.1. The maximum atomic E-state index is 2.57. The van der Waals surface area contributed by atoms with Gasteiger partial charge in [0.15, 0.2) is 0 Å². The van der Waals surface area contributed by atoms with Gasteiger partial charge in [-0.3, -0.25) is 0 Å². The number of hydrogen-bond acceptors (Lipinski definition) is 1. The van der Waals surface area contributed by atoms with E-state index in [0.717, 1.165) is 17.1 Å². The van der Waals surface area contributed by atoms with E-state index in [1.165, 1.54) is 105 Å². The van der Waals surface area contributed by atoms with Crippen molar-refractivity contribution in [2.45, 2.75) is 10.8 Å². The molecule has 0 saturated carbocycles. The van der Waals surface area contributed by atoms with Gasteiger partial charge in [-0.2, -0.15) is 0 Å². The Labute approximate surface area is 395 Å². The molecule has 316 valence electrons. The minimum atomic E-state index is -0.542. The van der Waals surface area contributed by atoms with E-state index in [-0.39, 0.29) is 0 Å². The number of nitrogens with zero attached hydrogens (tertiary/aromatic N) is 2. The molecule has 1 aromatic heterocycles. The summed E-state index contributed by atoms with van der Waals surface area (Å²) in [6, 6.07) is 95.7. The first-order valence-electron chi connectivity index (χ1n) is 23.8. The summed E-state index contributed by atoms with van der Waals surface area (Å²) in [5.41, 5.74) is 21.5. The van der Waals surface area contributed by atoms with Crippen LogP contribution in [-0.2, 0) is 10.8 Å². The second-order valence-electron chi connectivity index (χ2n) is 18.7. The monoisotopic (exact) mass is 862 g/mol. The van der Waals surface area contributed by atoms with Crippen molar-refractivity contribution in [2.75, 3.05) is 4.90 Å². The molecular weight excluding hydrogens is 821 g/mol. The molecule has 0 radical (unpaired) electrons. The highest BCUT2D eigenvalue weighted by molar-refractivity contribution is 6.13. The maximum absolute atomic E-state index is 2.57. The number of hydrogen-bond donors (Lipinski definition) is 0. The number of benzene rings is 11. The van der Waals surface area contributed by atoms with Gasteiger partial charge in [0.1, 0.15) is 0 Å². The second kappa shape index (κ2) is 13.9. The summed E-state index contributed by atoms with van der Waals surface area (Å²) in [6.07, 6.45) is 0. The quantitative estimate of drug-likeness (QED) is 0.167. The highest BCUT2D eigenvalue weighted by Crippen LogP contribution is 2.62. The Morgan fingerprint density at radius 3 is 1.51 bits per heavy atom. The molecule has 15 rings (SSSR count). The van der Waals surface area contributed by atoms with Crippen LogP contribution in [0.1, 0.15) is 44.5 Å². The molecule has 0 amide bonds. The second-order valence-corrected chi connectivity index (χ2v) is 18.7. The zero-order valence-corrected chi connectivity index (χ0v) is 37.1. The summed E-state index contributed by atoms with van der Waals surface area (Å²) in [5, 5.41) is 4.94. The van der Waals surface area contributed by atoms with E-state index in [1.807, 2.05) is 0 Å². The van der Waals surface area contributed by atoms with Crippen molar-refractivity contribution in [2.24, 2.45) is 0 Å². The number of rotatable bonds is 5. The van der Waals surface area contributed by atoms with Crippen molar-refractivity contribution < 1.29 is 0 Å². The molecule has 0 saturated heterocycles. The predicted octanol–water partition coefficient (Wildman–Crippen LogP) is 16.4. The molecule has 0 bridgehead atoms. The first-order valence-corrected chi connectivity index (χ1v) is 23.8. The van der Waals surface area contributed by atoms with E-state index in [9.17, 15) is 0 Å². The van der Waals surface area contributed by atoms with Crippen LogP contribution in [0.15, 0.2) is 255 Å². The van der Waals surface area contributed by atoms with E-state index in [0.29, 0.717) is 0 Å². The van der Waals surface area contributed by atoms with Gasteiger partial charge in [0, 0.05) is 27.5 Å². The van der Waals surface area contributed by atoms with Crippen LogP contribution >= 0.6 is 0 Å². The van der Waals surface area contributed by atoms with E-state index in [2.05, 4.69) is 264 Å². The summed E-state index contributed by atoms with van der Waals surface area (Å²) < 4.78 is 2.57. The van der Waals surface area contributed by atoms with Crippen molar-refractivity contribution in [3.05, 3.63) is 299 Å². The Morgan fingerprint density at radius 1 is 0.309 bits per heavy atom. The predicted molar refractivity (Wildman–Crippen MR) is 281 cm³/mol. The van der Waals surface area contributed by atoms with Gasteiger partial charge in [-0.1, -0.05) is 218 Å². The lowest BCUT2D eigenvalue weighted by molar-refractivity contribution is 0.748. The van der Waals surface area contributed by atoms with Gasteiger partial charge in [0.25, 0.3) is 0 Å². The Kier molecular flexibility index (Phi) is 7.67. The average Bonchev–Trinajstić information content (AvgIpc) is 4.02. The van der Waals surface area contributed by atoms with Gasteiger partial charge in [0.2, 0.25) is 0 Å². The topological polar surface area (TPSA) is 8.17 Å². The summed E-state index contributed by atoms with van der Waals surface area (Å²) in [5.74, 6) is 0. The summed E-state index contributed by atoms with van der Waals surface area (Å²) >= 11 is 0. The van der Waals surface area contributed by atoms with Crippen LogP contribution in [0.4, 0.5) is 17.1 Å². The van der Waals surface area contributed by atoms with Crippen LogP contribution in [-0.4, -0.2) is 4.57 Å². The SMILES string of the molecule is c1ccc(C2(c3ccccc3)c3ccccc3-c3ccc(N(c4ccc5c(c4)-n4c6ccccc6c6cccc(c64)C54c5ccccc5-c5ccccc54)c4cccc5ccccc45)cc32)cc1. The fourth-order valence-electron chi connectivity index (χ4n) is 13.1. The minimum absolute atomic E-state index is 0.528. The first-order chi connectivity index (χ1) is 33.8. The van der Waals surface area contributed by atoms with Crippen molar-refractivity contribution >= 4 is 49.6 Å². The third kappa shape index (κ3) is 4.71. The molecule has 2 nitrogen and oxygen atoms in total. The highest BCUT2D eigenvalue weighted by Gasteiger charge is 2.51. The molecule has 0 fully saturated rings. The summed E-state index contributed by atoms with van der Waals surface area (Å²) in [6.45, 7) is 0. The number of anilines is 3. The molecule has 11 aromatic carbocycles. The van der Waals surface area contributed by atoms with Crippen LogP contribution in [0.2, 0.25) is 0 Å². The fraction of sp³-hybridized carbons (Fsp3) is 0.0303. The number of para-hydroxylation sites is 2. The van der Waals surface area contributed by atoms with Crippen LogP contribution in [0.5, 0.6) is 0 Å².